The average molecular weight is 315 g/mol. The molecule has 0 fully saturated rings. The van der Waals surface area contributed by atoms with Gasteiger partial charge < -0.3 is 4.74 Å². The average Bonchev–Trinajstić information content (AvgIpc) is 2.34. The van der Waals surface area contributed by atoms with Crippen LogP contribution in [0.2, 0.25) is 10.0 Å². The fourth-order valence-electron chi connectivity index (χ4n) is 1.83. The Morgan fingerprint density at radius 1 is 1.26 bits per heavy atom. The van der Waals surface area contributed by atoms with E-state index in [2.05, 4.69) is 0 Å². The number of ether oxygens (including phenoxy) is 1. The molecular formula is C12H8Cl2F4O. The molecule has 0 spiro atoms. The molecule has 0 saturated heterocycles. The molecule has 0 amide bonds. The van der Waals surface area contributed by atoms with E-state index >= 15 is 0 Å². The molecule has 104 valence electrons. The highest BCUT2D eigenvalue weighted by molar-refractivity contribution is 6.36. The Morgan fingerprint density at radius 2 is 1.89 bits per heavy atom. The summed E-state index contributed by atoms with van der Waals surface area (Å²) >= 11 is 11.4. The van der Waals surface area contributed by atoms with Gasteiger partial charge in [-0.1, -0.05) is 30.1 Å². The highest BCUT2D eigenvalue weighted by atomic mass is 35.5. The summed E-state index contributed by atoms with van der Waals surface area (Å²) in [4.78, 5) is 0. The normalized spacial score (nSPS) is 22.1. The minimum absolute atomic E-state index is 0.159. The molecule has 1 aliphatic heterocycles. The van der Waals surface area contributed by atoms with Gasteiger partial charge in [0.05, 0.1) is 15.6 Å². The molecule has 0 aromatic heterocycles. The summed E-state index contributed by atoms with van der Waals surface area (Å²) < 4.78 is 57.9. The van der Waals surface area contributed by atoms with E-state index in [1.165, 1.54) is 6.92 Å². The predicted molar refractivity (Wildman–Crippen MR) is 65.2 cm³/mol. The molecule has 0 radical (unpaired) electrons. The highest BCUT2D eigenvalue weighted by Crippen LogP contribution is 2.47. The highest BCUT2D eigenvalue weighted by Gasteiger charge is 2.56. The molecule has 1 unspecified atom stereocenters. The zero-order valence-electron chi connectivity index (χ0n) is 9.62. The lowest BCUT2D eigenvalue weighted by molar-refractivity contribution is -0.230. The minimum Gasteiger partial charge on any atom is -0.471 e. The summed E-state index contributed by atoms with van der Waals surface area (Å²) in [6.45, 7) is 1.32. The second kappa shape index (κ2) is 4.56. The summed E-state index contributed by atoms with van der Waals surface area (Å²) in [7, 11) is 0. The first-order valence-electron chi connectivity index (χ1n) is 5.34. The quantitative estimate of drug-likeness (QED) is 0.508. The fraction of sp³-hybridized carbons (Fsp3) is 0.333. The van der Waals surface area contributed by atoms with E-state index in [0.717, 1.165) is 18.2 Å². The third kappa shape index (κ3) is 2.19. The first-order valence-corrected chi connectivity index (χ1v) is 6.10. The van der Waals surface area contributed by atoms with Crippen molar-refractivity contribution in [3.8, 4) is 5.75 Å². The number of alkyl halides is 3. The van der Waals surface area contributed by atoms with Gasteiger partial charge in [-0.15, -0.1) is 0 Å². The van der Waals surface area contributed by atoms with Gasteiger partial charge in [-0.2, -0.15) is 13.2 Å². The Balaban J connectivity index is 2.61. The number of hydrogen-bond acceptors (Lipinski definition) is 1. The van der Waals surface area contributed by atoms with Crippen LogP contribution in [0.5, 0.6) is 5.75 Å². The topological polar surface area (TPSA) is 9.23 Å². The van der Waals surface area contributed by atoms with E-state index in [0.29, 0.717) is 0 Å². The molecule has 7 heteroatoms. The van der Waals surface area contributed by atoms with Crippen molar-refractivity contribution < 1.29 is 22.3 Å². The van der Waals surface area contributed by atoms with E-state index in [9.17, 15) is 17.6 Å². The van der Waals surface area contributed by atoms with Crippen molar-refractivity contribution in [3.63, 3.8) is 0 Å². The number of halogens is 6. The van der Waals surface area contributed by atoms with Gasteiger partial charge in [0.15, 0.2) is 5.82 Å². The smallest absolute Gasteiger partial charge is 0.432 e. The van der Waals surface area contributed by atoms with Crippen LogP contribution in [0.1, 0.15) is 18.9 Å². The third-order valence-electron chi connectivity index (χ3n) is 2.97. The van der Waals surface area contributed by atoms with E-state index in [1.807, 2.05) is 0 Å². The van der Waals surface area contributed by atoms with Crippen LogP contribution in [0.4, 0.5) is 17.6 Å². The maximum atomic E-state index is 13.7. The maximum absolute atomic E-state index is 13.7. The van der Waals surface area contributed by atoms with Crippen LogP contribution in [0.3, 0.4) is 0 Å². The number of rotatable bonds is 1. The molecule has 0 N–H and O–H groups in total. The van der Waals surface area contributed by atoms with Crippen LogP contribution < -0.4 is 4.74 Å². The van der Waals surface area contributed by atoms with Crippen LogP contribution in [-0.2, 0) is 0 Å². The van der Waals surface area contributed by atoms with Crippen molar-refractivity contribution in [2.24, 2.45) is 0 Å². The molecule has 2 rings (SSSR count). The van der Waals surface area contributed by atoms with Crippen LogP contribution in [0, 0.1) is 5.82 Å². The summed E-state index contributed by atoms with van der Waals surface area (Å²) in [5.74, 6) is -1.20. The summed E-state index contributed by atoms with van der Waals surface area (Å²) in [5.41, 5.74) is -2.67. The summed E-state index contributed by atoms with van der Waals surface area (Å²) in [6.07, 6.45) is -3.20. The van der Waals surface area contributed by atoms with Gasteiger partial charge in [-0.3, -0.25) is 0 Å². The molecule has 0 saturated carbocycles. The number of benzene rings is 1. The van der Waals surface area contributed by atoms with Crippen LogP contribution >= 0.6 is 23.2 Å². The second-order valence-corrected chi connectivity index (χ2v) is 4.89. The molecule has 19 heavy (non-hydrogen) atoms. The van der Waals surface area contributed by atoms with Crippen molar-refractivity contribution in [2.75, 3.05) is 0 Å². The molecule has 0 aliphatic carbocycles. The van der Waals surface area contributed by atoms with E-state index in [4.69, 9.17) is 27.9 Å². The second-order valence-electron chi connectivity index (χ2n) is 4.07. The Hall–Kier alpha value is -0.940. The van der Waals surface area contributed by atoms with Gasteiger partial charge in [0.1, 0.15) is 5.75 Å². The van der Waals surface area contributed by atoms with Gasteiger partial charge in [0.2, 0.25) is 5.60 Å². The molecule has 1 aromatic rings. The SMILES string of the molecule is CCC1(C(F)(F)F)C=Cc2c(F)c(Cl)cc(Cl)c2O1. The van der Waals surface area contributed by atoms with Gasteiger partial charge in [-0.25, -0.2) is 4.39 Å². The monoisotopic (exact) mass is 314 g/mol. The first-order chi connectivity index (χ1) is 8.72. The minimum atomic E-state index is -4.63. The van der Waals surface area contributed by atoms with Crippen molar-refractivity contribution in [1.82, 2.24) is 0 Å². The lowest BCUT2D eigenvalue weighted by atomic mass is 9.94. The molecule has 1 aliphatic rings. The predicted octanol–water partition coefficient (Wildman–Crippen LogP) is 5.25. The van der Waals surface area contributed by atoms with Crippen molar-refractivity contribution in [1.29, 1.82) is 0 Å². The fourth-order valence-corrected chi connectivity index (χ4v) is 2.34. The van der Waals surface area contributed by atoms with Gasteiger partial charge in [0.25, 0.3) is 0 Å². The Labute approximate surface area is 116 Å². The van der Waals surface area contributed by atoms with Gasteiger partial charge in [-0.05, 0) is 24.6 Å². The van der Waals surface area contributed by atoms with Crippen molar-refractivity contribution >= 4 is 29.3 Å². The Bertz CT molecular complexity index is 554. The van der Waals surface area contributed by atoms with E-state index in [-0.39, 0.29) is 27.8 Å². The Kier molecular flexibility index (Phi) is 3.47. The first kappa shape index (κ1) is 14.5. The van der Waals surface area contributed by atoms with E-state index < -0.39 is 17.6 Å². The van der Waals surface area contributed by atoms with Crippen molar-refractivity contribution in [2.45, 2.75) is 25.1 Å². The number of hydrogen-bond donors (Lipinski definition) is 0. The van der Waals surface area contributed by atoms with E-state index in [1.54, 1.807) is 0 Å². The summed E-state index contributed by atoms with van der Waals surface area (Å²) in [6, 6.07) is 1.02. The molecule has 1 aromatic carbocycles. The lowest BCUT2D eigenvalue weighted by Crippen LogP contribution is -2.49. The zero-order chi connectivity index (χ0) is 14.4. The molecule has 1 heterocycles. The van der Waals surface area contributed by atoms with Gasteiger partial charge >= 0.3 is 6.18 Å². The van der Waals surface area contributed by atoms with Gasteiger partial charge in [0, 0.05) is 0 Å². The van der Waals surface area contributed by atoms with Crippen LogP contribution in [0.15, 0.2) is 12.1 Å². The maximum Gasteiger partial charge on any atom is 0.432 e. The zero-order valence-corrected chi connectivity index (χ0v) is 11.1. The van der Waals surface area contributed by atoms with Crippen LogP contribution in [-0.4, -0.2) is 11.8 Å². The third-order valence-corrected chi connectivity index (χ3v) is 3.53. The lowest BCUT2D eigenvalue weighted by Gasteiger charge is -2.36. The summed E-state index contributed by atoms with van der Waals surface area (Å²) in [5, 5.41) is -0.430. The molecule has 0 bridgehead atoms. The standard InChI is InChI=1S/C12H8Cl2F4O/c1-2-11(12(16,17)18)4-3-6-9(15)7(13)5-8(14)10(6)19-11/h3-5H,2H2,1H3. The molecular weight excluding hydrogens is 307 g/mol. The molecule has 1 nitrogen and oxygen atoms in total. The van der Waals surface area contributed by atoms with Crippen LogP contribution in [0.25, 0.3) is 6.08 Å². The van der Waals surface area contributed by atoms with Crippen molar-refractivity contribution in [3.05, 3.63) is 33.6 Å². The molecule has 1 atom stereocenters. The number of fused-ring (bicyclic) bond motifs is 1. The largest absolute Gasteiger partial charge is 0.471 e. The Morgan fingerprint density at radius 3 is 2.42 bits per heavy atom.